The van der Waals surface area contributed by atoms with Crippen LogP contribution >= 0.6 is 0 Å². The monoisotopic (exact) mass is 324 g/mol. The van der Waals surface area contributed by atoms with Crippen LogP contribution in [0.4, 0.5) is 10.6 Å². The lowest BCUT2D eigenvalue weighted by atomic mass is 10.0. The number of anilines is 1. The summed E-state index contributed by atoms with van der Waals surface area (Å²) in [5.74, 6) is 0.325. The zero-order valence-electron chi connectivity index (χ0n) is 13.7. The normalized spacial score (nSPS) is 17.3. The maximum absolute atomic E-state index is 12.7. The minimum atomic E-state index is -0.633. The average Bonchev–Trinajstić information content (AvgIpc) is 2.54. The number of benzene rings is 1. The molecule has 2 N–H and O–H groups in total. The van der Waals surface area contributed by atoms with Gasteiger partial charge in [-0.25, -0.2) is 9.78 Å². The number of urea groups is 1. The van der Waals surface area contributed by atoms with Crippen LogP contribution in [0.25, 0.3) is 0 Å². The molecular formula is C18H20N4O2. The van der Waals surface area contributed by atoms with E-state index in [1.807, 2.05) is 56.3 Å². The van der Waals surface area contributed by atoms with E-state index >= 15 is 0 Å². The fourth-order valence-corrected chi connectivity index (χ4v) is 2.94. The van der Waals surface area contributed by atoms with Gasteiger partial charge in [0.25, 0.3) is 0 Å². The fraction of sp³-hybridized carbons (Fsp3) is 0.278. The summed E-state index contributed by atoms with van der Waals surface area (Å²) >= 11 is 0. The second-order valence-corrected chi connectivity index (χ2v) is 5.90. The highest BCUT2D eigenvalue weighted by molar-refractivity contribution is 5.94. The van der Waals surface area contributed by atoms with Crippen molar-refractivity contribution in [1.82, 2.24) is 15.2 Å². The van der Waals surface area contributed by atoms with E-state index in [2.05, 4.69) is 15.6 Å². The standard InChI is InChI=1S/C18H20N4O2/c1-12-10-13(2)20-15(11-12)21-18(24)22-9-8-19-17(23)16(22)14-6-4-3-5-7-14/h3-7,10-11,16H,8-9H2,1-2H3,(H,19,23)(H,20,21,24). The highest BCUT2D eigenvalue weighted by Gasteiger charge is 2.34. The highest BCUT2D eigenvalue weighted by Crippen LogP contribution is 2.24. The lowest BCUT2D eigenvalue weighted by Crippen LogP contribution is -2.53. The van der Waals surface area contributed by atoms with Crippen LogP contribution in [-0.4, -0.2) is 34.9 Å². The molecule has 6 nitrogen and oxygen atoms in total. The third-order valence-corrected chi connectivity index (χ3v) is 3.92. The number of aryl methyl sites for hydroxylation is 2. The van der Waals surface area contributed by atoms with Gasteiger partial charge < -0.3 is 10.2 Å². The van der Waals surface area contributed by atoms with Crippen LogP contribution in [-0.2, 0) is 4.79 Å². The topological polar surface area (TPSA) is 74.3 Å². The van der Waals surface area contributed by atoms with Gasteiger partial charge in [-0.15, -0.1) is 0 Å². The average molecular weight is 324 g/mol. The molecule has 1 aliphatic rings. The molecule has 1 aromatic carbocycles. The second kappa shape index (κ2) is 6.70. The van der Waals surface area contributed by atoms with Crippen molar-refractivity contribution >= 4 is 17.8 Å². The quantitative estimate of drug-likeness (QED) is 0.891. The van der Waals surface area contributed by atoms with Crippen molar-refractivity contribution in [3.8, 4) is 0 Å². The Kier molecular flexibility index (Phi) is 4.46. The van der Waals surface area contributed by atoms with E-state index in [0.29, 0.717) is 18.9 Å². The molecule has 2 aromatic rings. The highest BCUT2D eigenvalue weighted by atomic mass is 16.2. The van der Waals surface area contributed by atoms with Gasteiger partial charge in [-0.1, -0.05) is 30.3 Å². The molecule has 24 heavy (non-hydrogen) atoms. The molecule has 3 rings (SSSR count). The number of nitrogens with zero attached hydrogens (tertiary/aromatic N) is 2. The number of rotatable bonds is 2. The molecular weight excluding hydrogens is 304 g/mol. The molecule has 124 valence electrons. The van der Waals surface area contributed by atoms with Crippen molar-refractivity contribution < 1.29 is 9.59 Å². The number of nitrogens with one attached hydrogen (secondary N) is 2. The Hall–Kier alpha value is -2.89. The molecule has 6 heteroatoms. The van der Waals surface area contributed by atoms with Gasteiger partial charge in [-0.2, -0.15) is 0 Å². The summed E-state index contributed by atoms with van der Waals surface area (Å²) < 4.78 is 0. The Labute approximate surface area is 140 Å². The number of hydrogen-bond donors (Lipinski definition) is 2. The summed E-state index contributed by atoms with van der Waals surface area (Å²) in [6.45, 7) is 4.72. The first kappa shape index (κ1) is 16.0. The van der Waals surface area contributed by atoms with Crippen LogP contribution in [0, 0.1) is 13.8 Å². The summed E-state index contributed by atoms with van der Waals surface area (Å²) in [6, 6.07) is 12.1. The smallest absolute Gasteiger partial charge is 0.324 e. The zero-order valence-corrected chi connectivity index (χ0v) is 13.7. The van der Waals surface area contributed by atoms with Crippen molar-refractivity contribution in [3.63, 3.8) is 0 Å². The third-order valence-electron chi connectivity index (χ3n) is 3.92. The molecule has 3 amide bonds. The van der Waals surface area contributed by atoms with Crippen LogP contribution < -0.4 is 10.6 Å². The molecule has 0 saturated carbocycles. The summed E-state index contributed by atoms with van der Waals surface area (Å²) in [6.07, 6.45) is 0. The van der Waals surface area contributed by atoms with E-state index in [1.54, 1.807) is 4.90 Å². The number of pyridine rings is 1. The second-order valence-electron chi connectivity index (χ2n) is 5.90. The van der Waals surface area contributed by atoms with E-state index in [-0.39, 0.29) is 11.9 Å². The minimum absolute atomic E-state index is 0.170. The molecule has 1 aromatic heterocycles. The van der Waals surface area contributed by atoms with Crippen molar-refractivity contribution in [2.24, 2.45) is 0 Å². The number of carbonyl (C=O) groups excluding carboxylic acids is 2. The Bertz CT molecular complexity index is 741. The van der Waals surface area contributed by atoms with Gasteiger partial charge in [-0.3, -0.25) is 10.1 Å². The third kappa shape index (κ3) is 3.37. The molecule has 0 bridgehead atoms. The van der Waals surface area contributed by atoms with Gasteiger partial charge >= 0.3 is 6.03 Å². The predicted molar refractivity (Wildman–Crippen MR) is 91.6 cm³/mol. The molecule has 1 unspecified atom stereocenters. The van der Waals surface area contributed by atoms with E-state index in [1.165, 1.54) is 0 Å². The van der Waals surface area contributed by atoms with E-state index in [4.69, 9.17) is 0 Å². The van der Waals surface area contributed by atoms with Crippen LogP contribution in [0.5, 0.6) is 0 Å². The van der Waals surface area contributed by atoms with Crippen LogP contribution in [0.2, 0.25) is 0 Å². The van der Waals surface area contributed by atoms with Crippen molar-refractivity contribution in [1.29, 1.82) is 0 Å². The van der Waals surface area contributed by atoms with Gasteiger partial charge in [0.15, 0.2) is 0 Å². The molecule has 2 heterocycles. The first-order valence-corrected chi connectivity index (χ1v) is 7.90. The first-order valence-electron chi connectivity index (χ1n) is 7.90. The minimum Gasteiger partial charge on any atom is -0.352 e. The van der Waals surface area contributed by atoms with Gasteiger partial charge in [0.1, 0.15) is 11.9 Å². The number of hydrogen-bond acceptors (Lipinski definition) is 3. The number of aromatic nitrogens is 1. The molecule has 1 fully saturated rings. The fourth-order valence-electron chi connectivity index (χ4n) is 2.94. The molecule has 0 radical (unpaired) electrons. The van der Waals surface area contributed by atoms with Crippen LogP contribution in [0.3, 0.4) is 0 Å². The summed E-state index contributed by atoms with van der Waals surface area (Å²) in [4.78, 5) is 30.9. The van der Waals surface area contributed by atoms with Crippen molar-refractivity contribution in [3.05, 3.63) is 59.3 Å². The molecule has 1 atom stereocenters. The van der Waals surface area contributed by atoms with Crippen LogP contribution in [0.15, 0.2) is 42.5 Å². The van der Waals surface area contributed by atoms with Crippen molar-refractivity contribution in [2.75, 3.05) is 18.4 Å². The maximum Gasteiger partial charge on any atom is 0.324 e. The predicted octanol–water partition coefficient (Wildman–Crippen LogP) is 2.40. The van der Waals surface area contributed by atoms with Gasteiger partial charge in [-0.05, 0) is 37.1 Å². The van der Waals surface area contributed by atoms with E-state index < -0.39 is 6.04 Å². The van der Waals surface area contributed by atoms with E-state index in [0.717, 1.165) is 16.8 Å². The lowest BCUT2D eigenvalue weighted by Gasteiger charge is -2.35. The Balaban J connectivity index is 1.85. The summed E-state index contributed by atoms with van der Waals surface area (Å²) in [7, 11) is 0. The number of piperazine rings is 1. The maximum atomic E-state index is 12.7. The molecule has 1 aliphatic heterocycles. The Morgan fingerprint density at radius 1 is 1.25 bits per heavy atom. The largest absolute Gasteiger partial charge is 0.352 e. The summed E-state index contributed by atoms with van der Waals surface area (Å²) in [5, 5.41) is 5.63. The zero-order chi connectivity index (χ0) is 17.1. The van der Waals surface area contributed by atoms with Gasteiger partial charge in [0.2, 0.25) is 5.91 Å². The van der Waals surface area contributed by atoms with Crippen molar-refractivity contribution in [2.45, 2.75) is 19.9 Å². The Morgan fingerprint density at radius 2 is 2.00 bits per heavy atom. The van der Waals surface area contributed by atoms with Gasteiger partial charge in [0.05, 0.1) is 0 Å². The SMILES string of the molecule is Cc1cc(C)nc(NC(=O)N2CCNC(=O)C2c2ccccc2)c1. The summed E-state index contributed by atoms with van der Waals surface area (Å²) in [5.41, 5.74) is 2.65. The molecule has 1 saturated heterocycles. The van der Waals surface area contributed by atoms with Crippen LogP contribution in [0.1, 0.15) is 22.9 Å². The van der Waals surface area contributed by atoms with Gasteiger partial charge in [0, 0.05) is 18.8 Å². The first-order chi connectivity index (χ1) is 11.5. The Morgan fingerprint density at radius 3 is 2.71 bits per heavy atom. The number of carbonyl (C=O) groups is 2. The lowest BCUT2D eigenvalue weighted by molar-refractivity contribution is -0.127. The molecule has 0 aliphatic carbocycles. The molecule has 0 spiro atoms. The number of amides is 3. The van der Waals surface area contributed by atoms with E-state index in [9.17, 15) is 9.59 Å².